The Morgan fingerprint density at radius 1 is 1.69 bits per heavy atom. The van der Waals surface area contributed by atoms with Gasteiger partial charge in [0.15, 0.2) is 5.13 Å². The Kier molecular flexibility index (Phi) is 3.28. The van der Waals surface area contributed by atoms with Gasteiger partial charge in [-0.3, -0.25) is 4.79 Å². The van der Waals surface area contributed by atoms with Gasteiger partial charge in [-0.2, -0.15) is 4.98 Å². The highest BCUT2D eigenvalue weighted by molar-refractivity contribution is 7.13. The van der Waals surface area contributed by atoms with Gasteiger partial charge in [-0.1, -0.05) is 12.8 Å². The molecule has 3 N–H and O–H groups in total. The third-order valence-corrected chi connectivity index (χ3v) is 3.44. The number of thiazole rings is 1. The second-order valence-corrected chi connectivity index (χ2v) is 4.96. The molecule has 1 aromatic heterocycles. The molecule has 0 spiro atoms. The lowest BCUT2D eigenvalue weighted by Gasteiger charge is -2.11. The number of hydrogen-bond donors (Lipinski definition) is 3. The number of hydrogen-bond acceptors (Lipinski definition) is 5. The maximum atomic E-state index is 11.0. The number of nitrogens with one attached hydrogen (secondary N) is 1. The Bertz CT molecular complexity index is 376. The summed E-state index contributed by atoms with van der Waals surface area (Å²) in [6.45, 7) is 0.374. The predicted octanol–water partition coefficient (Wildman–Crippen LogP) is 1.76. The zero-order chi connectivity index (χ0) is 11.5. The van der Waals surface area contributed by atoms with Crippen LogP contribution in [0.25, 0.3) is 0 Å². The average molecular weight is 242 g/mol. The monoisotopic (exact) mass is 242 g/mol. The summed E-state index contributed by atoms with van der Waals surface area (Å²) in [5.41, 5.74) is 0. The van der Waals surface area contributed by atoms with E-state index in [-0.39, 0.29) is 11.8 Å². The molecule has 1 atom stereocenters. The van der Waals surface area contributed by atoms with E-state index >= 15 is 0 Å². The van der Waals surface area contributed by atoms with E-state index in [9.17, 15) is 4.79 Å². The summed E-state index contributed by atoms with van der Waals surface area (Å²) in [7, 11) is 0. The van der Waals surface area contributed by atoms with Crippen molar-refractivity contribution in [1.82, 2.24) is 4.98 Å². The van der Waals surface area contributed by atoms with Crippen LogP contribution in [-0.4, -0.2) is 27.7 Å². The fraction of sp³-hybridized carbons (Fsp3) is 0.600. The summed E-state index contributed by atoms with van der Waals surface area (Å²) in [5.74, 6) is -0.562. The van der Waals surface area contributed by atoms with Gasteiger partial charge in [0.05, 0.1) is 11.3 Å². The van der Waals surface area contributed by atoms with E-state index in [0.29, 0.717) is 17.6 Å². The lowest BCUT2D eigenvalue weighted by Crippen LogP contribution is -2.23. The SMILES string of the molecule is O=C(O)C(CNc1nc(O)cs1)CC1CC1. The van der Waals surface area contributed by atoms with Crippen molar-refractivity contribution in [2.45, 2.75) is 19.3 Å². The molecule has 0 bridgehead atoms. The zero-order valence-electron chi connectivity index (χ0n) is 8.72. The van der Waals surface area contributed by atoms with Crippen molar-refractivity contribution >= 4 is 22.4 Å². The van der Waals surface area contributed by atoms with E-state index in [0.717, 1.165) is 19.3 Å². The van der Waals surface area contributed by atoms with Gasteiger partial charge in [0.1, 0.15) is 0 Å². The molecule has 2 rings (SSSR count). The number of carbonyl (C=O) groups is 1. The van der Waals surface area contributed by atoms with Crippen LogP contribution in [0.4, 0.5) is 5.13 Å². The largest absolute Gasteiger partial charge is 0.493 e. The molecule has 0 saturated heterocycles. The molecule has 1 aliphatic carbocycles. The van der Waals surface area contributed by atoms with Gasteiger partial charge in [-0.15, -0.1) is 11.3 Å². The van der Waals surface area contributed by atoms with Crippen LogP contribution in [0.3, 0.4) is 0 Å². The number of aromatic nitrogens is 1. The van der Waals surface area contributed by atoms with Gasteiger partial charge in [0, 0.05) is 6.54 Å². The van der Waals surface area contributed by atoms with E-state index in [2.05, 4.69) is 10.3 Å². The highest BCUT2D eigenvalue weighted by Gasteiger charge is 2.29. The Balaban J connectivity index is 1.83. The lowest BCUT2D eigenvalue weighted by molar-refractivity contribution is -0.141. The molecule has 0 amide bonds. The lowest BCUT2D eigenvalue weighted by atomic mass is 10.0. The first-order chi connectivity index (χ1) is 7.65. The first-order valence-corrected chi connectivity index (χ1v) is 6.14. The predicted molar refractivity (Wildman–Crippen MR) is 60.7 cm³/mol. The number of carboxylic acids is 1. The molecule has 0 aliphatic heterocycles. The minimum Gasteiger partial charge on any atom is -0.493 e. The fourth-order valence-electron chi connectivity index (χ4n) is 1.58. The fourth-order valence-corrected chi connectivity index (χ4v) is 2.17. The van der Waals surface area contributed by atoms with Crippen LogP contribution < -0.4 is 5.32 Å². The Hall–Kier alpha value is -1.30. The summed E-state index contributed by atoms with van der Waals surface area (Å²) in [6.07, 6.45) is 3.04. The second kappa shape index (κ2) is 4.69. The van der Waals surface area contributed by atoms with Crippen LogP contribution in [0.2, 0.25) is 0 Å². The van der Waals surface area contributed by atoms with Crippen molar-refractivity contribution in [3.05, 3.63) is 5.38 Å². The molecule has 5 nitrogen and oxygen atoms in total. The Morgan fingerprint density at radius 2 is 2.44 bits per heavy atom. The van der Waals surface area contributed by atoms with Crippen LogP contribution >= 0.6 is 11.3 Å². The van der Waals surface area contributed by atoms with Gasteiger partial charge in [-0.05, 0) is 12.3 Å². The van der Waals surface area contributed by atoms with Crippen LogP contribution in [0.15, 0.2) is 5.38 Å². The minimum atomic E-state index is -0.764. The Labute approximate surface area is 97.1 Å². The van der Waals surface area contributed by atoms with E-state index in [4.69, 9.17) is 10.2 Å². The number of aliphatic carboxylic acids is 1. The van der Waals surface area contributed by atoms with Crippen LogP contribution in [0, 0.1) is 11.8 Å². The quantitative estimate of drug-likeness (QED) is 0.708. The molecule has 1 saturated carbocycles. The van der Waals surface area contributed by atoms with Gasteiger partial charge in [0.2, 0.25) is 5.88 Å². The smallest absolute Gasteiger partial charge is 0.308 e. The van der Waals surface area contributed by atoms with Gasteiger partial charge in [-0.25, -0.2) is 0 Å². The third kappa shape index (κ3) is 3.10. The first-order valence-electron chi connectivity index (χ1n) is 5.26. The number of rotatable bonds is 6. The maximum Gasteiger partial charge on any atom is 0.308 e. The molecule has 1 unspecified atom stereocenters. The summed E-state index contributed by atoms with van der Waals surface area (Å²) < 4.78 is 0. The topological polar surface area (TPSA) is 82.5 Å². The molecule has 88 valence electrons. The van der Waals surface area contributed by atoms with Crippen LogP contribution in [0.1, 0.15) is 19.3 Å². The van der Waals surface area contributed by atoms with Gasteiger partial charge < -0.3 is 15.5 Å². The van der Waals surface area contributed by atoms with E-state index in [1.807, 2.05) is 0 Å². The molecule has 16 heavy (non-hydrogen) atoms. The summed E-state index contributed by atoms with van der Waals surface area (Å²) in [5, 5.41) is 23.1. The normalized spacial score (nSPS) is 17.0. The highest BCUT2D eigenvalue weighted by atomic mass is 32.1. The van der Waals surface area contributed by atoms with Gasteiger partial charge in [0.25, 0.3) is 0 Å². The molecular weight excluding hydrogens is 228 g/mol. The van der Waals surface area contributed by atoms with Crippen molar-refractivity contribution in [3.8, 4) is 5.88 Å². The third-order valence-electron chi connectivity index (χ3n) is 2.66. The van der Waals surface area contributed by atoms with E-state index in [1.54, 1.807) is 0 Å². The number of nitrogens with zero attached hydrogens (tertiary/aromatic N) is 1. The van der Waals surface area contributed by atoms with Crippen molar-refractivity contribution in [2.75, 3.05) is 11.9 Å². The number of aromatic hydroxyl groups is 1. The standard InChI is InChI=1S/C10H14N2O3S/c13-8-5-16-10(12-8)11-4-7(9(14)15)3-6-1-2-6/h5-7,13H,1-4H2,(H,11,12)(H,14,15). The Morgan fingerprint density at radius 3 is 2.94 bits per heavy atom. The molecule has 1 aromatic rings. The molecule has 0 radical (unpaired) electrons. The second-order valence-electron chi connectivity index (χ2n) is 4.11. The van der Waals surface area contributed by atoms with Crippen molar-refractivity contribution in [2.24, 2.45) is 11.8 Å². The first kappa shape index (κ1) is 11.2. The zero-order valence-corrected chi connectivity index (χ0v) is 9.54. The molecule has 1 heterocycles. The summed E-state index contributed by atoms with van der Waals surface area (Å²) in [6, 6.07) is 0. The molecule has 6 heteroatoms. The molecule has 1 fully saturated rings. The molecule has 0 aromatic carbocycles. The maximum absolute atomic E-state index is 11.0. The van der Waals surface area contributed by atoms with Gasteiger partial charge >= 0.3 is 5.97 Å². The minimum absolute atomic E-state index is 0.0263. The van der Waals surface area contributed by atoms with E-state index in [1.165, 1.54) is 16.7 Å². The highest BCUT2D eigenvalue weighted by Crippen LogP contribution is 2.35. The van der Waals surface area contributed by atoms with Crippen molar-refractivity contribution in [3.63, 3.8) is 0 Å². The van der Waals surface area contributed by atoms with Crippen LogP contribution in [-0.2, 0) is 4.79 Å². The van der Waals surface area contributed by atoms with Crippen molar-refractivity contribution < 1.29 is 15.0 Å². The summed E-state index contributed by atoms with van der Waals surface area (Å²) >= 11 is 1.27. The van der Waals surface area contributed by atoms with Crippen molar-refractivity contribution in [1.29, 1.82) is 0 Å². The molecule has 1 aliphatic rings. The average Bonchev–Trinajstić information content (AvgIpc) is 2.95. The van der Waals surface area contributed by atoms with E-state index < -0.39 is 5.97 Å². The summed E-state index contributed by atoms with van der Waals surface area (Å²) in [4.78, 5) is 14.8. The number of anilines is 1. The number of carboxylic acid groups (broad SMARTS) is 1. The molecular formula is C10H14N2O3S. The van der Waals surface area contributed by atoms with Crippen LogP contribution in [0.5, 0.6) is 5.88 Å².